The summed E-state index contributed by atoms with van der Waals surface area (Å²) < 4.78 is 0. The van der Waals surface area contributed by atoms with E-state index in [1.165, 1.54) is 199 Å². The maximum absolute atomic E-state index is 10.0. The first-order chi connectivity index (χ1) is 61.4. The predicted molar refractivity (Wildman–Crippen MR) is 536 cm³/mol. The molecule has 10 aromatic carbocycles. The SMILES string of the molecule is CC(=O)C=C(C)O.CC(=O)C=C(C)O.CC(=O)C=C(C)O.CC(=O)C=C(C)O.CC(=O)C=C(C)O.Cc1[c-]c(-c2cc(C)c3ccccc3n2)c(C)cc1.Cc1[c-]c(-c2cc(C)c3ccccc3n2)cc(C)c1.Cc1c[c-]c(-c2cc(C)c3ccccc3n2)c(C)c1.Cc1c[c-]c(-c2cc(C)c3ccccc3n2)cc1C.Cc1cc[c-]c(-c2cc(C)c3ccccc3n2)c1C.[Ir].[Ir].[Ir].[Ir].[Ir]. The van der Waals surface area contributed by atoms with Crippen LogP contribution in [-0.4, -0.2) is 79.4 Å². The van der Waals surface area contributed by atoms with Crippen LogP contribution in [0.25, 0.3) is 111 Å². The number of allylic oxidation sites excluding steroid dienone is 10. The Morgan fingerprint density at radius 1 is 0.252 bits per heavy atom. The molecule has 0 aliphatic rings. The molecule has 0 fully saturated rings. The Morgan fingerprint density at radius 3 is 0.889 bits per heavy atom. The number of hydrogen-bond donors (Lipinski definition) is 5. The van der Waals surface area contributed by atoms with Gasteiger partial charge in [0.25, 0.3) is 0 Å². The number of carbonyl (C=O) groups excluding carboxylic acids is 5. The van der Waals surface area contributed by atoms with E-state index < -0.39 is 0 Å². The smallest absolute Gasteiger partial charge is 0.155 e. The molecule has 5 aromatic heterocycles. The Morgan fingerprint density at radius 2 is 0.570 bits per heavy atom. The maximum atomic E-state index is 10.0. The Kier molecular flexibility index (Phi) is 54.1. The summed E-state index contributed by atoms with van der Waals surface area (Å²) in [4.78, 5) is 73.9. The number of aryl methyl sites for hydroxylation is 14. The Bertz CT molecular complexity index is 6470. The van der Waals surface area contributed by atoms with Gasteiger partial charge >= 0.3 is 0 Å². The van der Waals surface area contributed by atoms with E-state index in [4.69, 9.17) is 50.5 Å². The van der Waals surface area contributed by atoms with Gasteiger partial charge in [-0.3, -0.25) is 48.9 Å². The molecule has 15 aromatic rings. The van der Waals surface area contributed by atoms with Crippen molar-refractivity contribution in [3.63, 3.8) is 0 Å². The third-order valence-corrected chi connectivity index (χ3v) is 19.7. The second-order valence-electron chi connectivity index (χ2n) is 32.3. The maximum Gasteiger partial charge on any atom is 0.155 e. The zero-order valence-corrected chi connectivity index (χ0v) is 93.2. The number of carbonyl (C=O) groups is 5. The van der Waals surface area contributed by atoms with Gasteiger partial charge in [-0.2, -0.15) is 0 Å². The van der Waals surface area contributed by atoms with Crippen LogP contribution < -0.4 is 0 Å². The van der Waals surface area contributed by atoms with Crippen molar-refractivity contribution in [1.29, 1.82) is 0 Å². The number of benzene rings is 10. The number of ketones is 5. The molecular formula is C115H120Ir5N5O10-5. The molecule has 0 aliphatic carbocycles. The standard InChI is InChI=1S/5C18H16N.5C5H8O2.5Ir/c1-12-7-6-9-16(14(12)3)18-11-13(2)15-8-4-5-10-17(15)19-18;1-12-8-13(2)10-15(9-12)18-11-14(3)16-6-4-5-7-17(16)19-18;1-12-8-9-15(10-13(12)2)18-11-14(3)16-6-4-5-7-17(16)19-18;1-12-8-9-16(13(2)10-12)18-11-14(3)15-6-4-5-7-17(15)19-18;1-12-8-9-13(2)16(10-12)18-11-14(3)15-6-4-5-7-17(15)19-18;5*1-4(6)3-5(2)7;;;;;/h4-8,10-11H,1-3H3;4-9,11H,1-3H3;2*4-8,10-11H,1-3H3;4-9,11H,1-3H3;5*3,6H,1-2H3;;;;;/q5*-1;;;;;;;;;;. The molecule has 135 heavy (non-hydrogen) atoms. The van der Waals surface area contributed by atoms with Crippen molar-refractivity contribution >= 4 is 83.4 Å². The zero-order valence-electron chi connectivity index (χ0n) is 81.3. The van der Waals surface area contributed by atoms with Gasteiger partial charge in [-0.15, -0.1) is 174 Å². The van der Waals surface area contributed by atoms with Crippen LogP contribution in [0.4, 0.5) is 0 Å². The second-order valence-corrected chi connectivity index (χ2v) is 32.3. The van der Waals surface area contributed by atoms with E-state index in [0.717, 1.165) is 95.0 Å². The third kappa shape index (κ3) is 40.9. The molecule has 20 heteroatoms. The van der Waals surface area contributed by atoms with Crippen molar-refractivity contribution in [3.8, 4) is 56.3 Å². The summed E-state index contributed by atoms with van der Waals surface area (Å²) in [6, 6.07) is 89.9. The molecule has 0 amide bonds. The summed E-state index contributed by atoms with van der Waals surface area (Å²) in [5.74, 6) is -0.312. The molecule has 0 bridgehead atoms. The van der Waals surface area contributed by atoms with Crippen molar-refractivity contribution in [3.05, 3.63) is 385 Å². The average Bonchev–Trinajstić information content (AvgIpc) is 0.829. The van der Waals surface area contributed by atoms with Crippen LogP contribution in [0.15, 0.2) is 271 Å². The van der Waals surface area contributed by atoms with Gasteiger partial charge < -0.3 is 25.5 Å². The minimum absolute atomic E-state index is 0. The number of fused-ring (bicyclic) bond motifs is 5. The largest absolute Gasteiger partial charge is 0.512 e. The number of nitrogens with zero attached hydrogens (tertiary/aromatic N) is 5. The number of aliphatic hydroxyl groups excluding tert-OH is 5. The average molecular weight is 2690 g/mol. The number of pyridine rings is 5. The molecule has 0 spiro atoms. The molecule has 0 unspecified atom stereocenters. The Hall–Kier alpha value is -11.5. The van der Waals surface area contributed by atoms with Crippen molar-refractivity contribution < 1.29 is 150 Å². The number of aliphatic hydroxyl groups is 5. The number of para-hydroxylation sites is 5. The van der Waals surface area contributed by atoms with Crippen LogP contribution in [0.2, 0.25) is 0 Å². The molecule has 15 nitrogen and oxygen atoms in total. The first kappa shape index (κ1) is 122. The number of rotatable bonds is 10. The fourth-order valence-corrected chi connectivity index (χ4v) is 13.6. The fourth-order valence-electron chi connectivity index (χ4n) is 13.6. The molecule has 715 valence electrons. The summed E-state index contributed by atoms with van der Waals surface area (Å²) in [7, 11) is 0. The van der Waals surface area contributed by atoms with E-state index in [1.807, 2.05) is 48.5 Å². The molecule has 0 atom stereocenters. The van der Waals surface area contributed by atoms with Crippen molar-refractivity contribution in [2.75, 3.05) is 0 Å². The van der Waals surface area contributed by atoms with Crippen molar-refractivity contribution in [1.82, 2.24) is 24.9 Å². The monoisotopic (exact) mass is 2700 g/mol. The minimum atomic E-state index is -0.125. The predicted octanol–water partition coefficient (Wildman–Crippen LogP) is 28.3. The van der Waals surface area contributed by atoms with Crippen LogP contribution in [0.1, 0.15) is 153 Å². The first-order valence-electron chi connectivity index (χ1n) is 42.6. The van der Waals surface area contributed by atoms with E-state index in [1.54, 1.807) is 0 Å². The Balaban J connectivity index is 0.000000769. The van der Waals surface area contributed by atoms with Gasteiger partial charge in [-0.25, -0.2) is 0 Å². The molecule has 15 rings (SSSR count). The van der Waals surface area contributed by atoms with Crippen molar-refractivity contribution in [2.45, 2.75) is 173 Å². The van der Waals surface area contributed by atoms with Gasteiger partial charge in [-0.1, -0.05) is 191 Å². The van der Waals surface area contributed by atoms with Gasteiger partial charge in [0.15, 0.2) is 28.9 Å². The summed E-state index contributed by atoms with van der Waals surface area (Å²) in [6.07, 6.45) is 5.83. The quantitative estimate of drug-likeness (QED) is 0.0485. The zero-order chi connectivity index (χ0) is 96.3. The number of hydrogen-bond acceptors (Lipinski definition) is 15. The van der Waals surface area contributed by atoms with Crippen LogP contribution in [-0.2, 0) is 124 Å². The second kappa shape index (κ2) is 60.1. The van der Waals surface area contributed by atoms with Gasteiger partial charge in [0.05, 0.1) is 56.4 Å². The molecule has 5 heterocycles. The van der Waals surface area contributed by atoms with E-state index in [-0.39, 0.29) is 158 Å². The minimum Gasteiger partial charge on any atom is -0.512 e. The Labute approximate surface area is 865 Å². The third-order valence-electron chi connectivity index (χ3n) is 19.7. The van der Waals surface area contributed by atoms with Crippen LogP contribution in [0.3, 0.4) is 0 Å². The van der Waals surface area contributed by atoms with E-state index in [2.05, 4.69) is 298 Å². The molecular weight excluding hydrogens is 2570 g/mol. The fraction of sp³-hybridized carbons (Fsp3) is 0.217. The van der Waals surface area contributed by atoms with E-state index >= 15 is 0 Å². The summed E-state index contributed by atoms with van der Waals surface area (Å²) >= 11 is 0. The van der Waals surface area contributed by atoms with Gasteiger partial charge in [-0.05, 0) is 190 Å². The summed E-state index contributed by atoms with van der Waals surface area (Å²) in [6.45, 7) is 46.0. The molecule has 0 aliphatic heterocycles. The summed E-state index contributed by atoms with van der Waals surface area (Å²) in [5, 5.41) is 47.9. The van der Waals surface area contributed by atoms with Gasteiger partial charge in [0, 0.05) is 158 Å². The molecule has 5 radical (unpaired) electrons. The number of aromatic nitrogens is 5. The summed E-state index contributed by atoms with van der Waals surface area (Å²) in [5.41, 5.74) is 34.3. The van der Waals surface area contributed by atoms with Crippen LogP contribution >= 0.6 is 0 Å². The van der Waals surface area contributed by atoms with E-state index in [9.17, 15) is 24.0 Å². The molecule has 5 N–H and O–H groups in total. The van der Waals surface area contributed by atoms with Crippen molar-refractivity contribution in [2.24, 2.45) is 0 Å². The first-order valence-corrected chi connectivity index (χ1v) is 42.6. The molecule has 0 saturated carbocycles. The molecule has 0 saturated heterocycles. The van der Waals surface area contributed by atoms with Gasteiger partial charge in [0.1, 0.15) is 0 Å². The normalized spacial score (nSPS) is 10.6. The van der Waals surface area contributed by atoms with Gasteiger partial charge in [0.2, 0.25) is 0 Å². The van der Waals surface area contributed by atoms with E-state index in [0.29, 0.717) is 0 Å². The van der Waals surface area contributed by atoms with Crippen LogP contribution in [0.5, 0.6) is 0 Å². The topological polar surface area (TPSA) is 251 Å². The van der Waals surface area contributed by atoms with Crippen LogP contribution in [0, 0.1) is 134 Å².